The van der Waals surface area contributed by atoms with E-state index < -0.39 is 5.97 Å². The van der Waals surface area contributed by atoms with Crippen LogP contribution in [-0.2, 0) is 0 Å². The van der Waals surface area contributed by atoms with Gasteiger partial charge in [-0.05, 0) is 31.0 Å². The Morgan fingerprint density at radius 2 is 2.21 bits per heavy atom. The molecular formula is C11H12O2S. The molecule has 14 heavy (non-hydrogen) atoms. The quantitative estimate of drug-likeness (QED) is 0.829. The molecule has 0 unspecified atom stereocenters. The lowest BCUT2D eigenvalue weighted by Crippen LogP contribution is -2.12. The average molecular weight is 208 g/mol. The van der Waals surface area contributed by atoms with Gasteiger partial charge in [0.25, 0.3) is 0 Å². The number of carboxylic acids is 1. The van der Waals surface area contributed by atoms with Crippen molar-refractivity contribution in [1.29, 1.82) is 0 Å². The van der Waals surface area contributed by atoms with Gasteiger partial charge < -0.3 is 5.11 Å². The molecule has 0 amide bonds. The predicted octanol–water partition coefficient (Wildman–Crippen LogP) is 3.03. The van der Waals surface area contributed by atoms with E-state index in [1.165, 1.54) is 19.3 Å². The predicted molar refractivity (Wildman–Crippen MR) is 56.9 cm³/mol. The van der Waals surface area contributed by atoms with Crippen LogP contribution in [0.5, 0.6) is 0 Å². The van der Waals surface area contributed by atoms with Gasteiger partial charge in [-0.3, -0.25) is 0 Å². The van der Waals surface area contributed by atoms with Gasteiger partial charge in [-0.15, -0.1) is 11.8 Å². The van der Waals surface area contributed by atoms with Crippen molar-refractivity contribution in [2.75, 3.05) is 0 Å². The molecule has 1 fully saturated rings. The first-order chi connectivity index (χ1) is 6.75. The van der Waals surface area contributed by atoms with Crippen LogP contribution in [0.4, 0.5) is 0 Å². The standard InChI is InChI=1S/C11H12O2S/c12-11(13)8-3-1-6-10(7-8)14-9-4-2-5-9/h1,3,6-7,9H,2,4-5H2,(H,12,13). The summed E-state index contributed by atoms with van der Waals surface area (Å²) in [6.45, 7) is 0. The topological polar surface area (TPSA) is 37.3 Å². The maximum atomic E-state index is 10.7. The van der Waals surface area contributed by atoms with E-state index in [2.05, 4.69) is 0 Å². The summed E-state index contributed by atoms with van der Waals surface area (Å²) in [4.78, 5) is 11.8. The van der Waals surface area contributed by atoms with Gasteiger partial charge in [0.05, 0.1) is 5.56 Å². The molecule has 0 bridgehead atoms. The highest BCUT2D eigenvalue weighted by atomic mass is 32.2. The first-order valence-corrected chi connectivity index (χ1v) is 5.64. The maximum Gasteiger partial charge on any atom is 0.335 e. The summed E-state index contributed by atoms with van der Waals surface area (Å²) in [6, 6.07) is 7.18. The summed E-state index contributed by atoms with van der Waals surface area (Å²) in [5, 5.41) is 9.51. The van der Waals surface area contributed by atoms with Crippen LogP contribution in [0.1, 0.15) is 29.6 Å². The SMILES string of the molecule is O=C(O)c1cccc(SC2CCC2)c1. The number of hydrogen-bond donors (Lipinski definition) is 1. The fourth-order valence-corrected chi connectivity index (χ4v) is 2.69. The molecule has 3 heteroatoms. The highest BCUT2D eigenvalue weighted by Gasteiger charge is 2.18. The normalized spacial score (nSPS) is 16.3. The Bertz CT molecular complexity index is 345. The molecule has 1 aliphatic carbocycles. The van der Waals surface area contributed by atoms with Crippen LogP contribution >= 0.6 is 11.8 Å². The minimum absolute atomic E-state index is 0.384. The fourth-order valence-electron chi connectivity index (χ4n) is 1.38. The van der Waals surface area contributed by atoms with Gasteiger partial charge in [0.15, 0.2) is 0 Å². The van der Waals surface area contributed by atoms with Gasteiger partial charge in [-0.2, -0.15) is 0 Å². The second-order valence-electron chi connectivity index (χ2n) is 3.50. The van der Waals surface area contributed by atoms with Crippen molar-refractivity contribution >= 4 is 17.7 Å². The molecule has 1 aromatic rings. The minimum atomic E-state index is -0.846. The first-order valence-electron chi connectivity index (χ1n) is 4.76. The molecule has 1 aromatic carbocycles. The van der Waals surface area contributed by atoms with E-state index in [0.29, 0.717) is 10.8 Å². The first kappa shape index (κ1) is 9.59. The Morgan fingerprint density at radius 3 is 2.79 bits per heavy atom. The van der Waals surface area contributed by atoms with E-state index in [-0.39, 0.29) is 0 Å². The van der Waals surface area contributed by atoms with Crippen molar-refractivity contribution in [1.82, 2.24) is 0 Å². The van der Waals surface area contributed by atoms with Crippen molar-refractivity contribution in [2.24, 2.45) is 0 Å². The average Bonchev–Trinajstić information content (AvgIpc) is 2.12. The van der Waals surface area contributed by atoms with Crippen molar-refractivity contribution in [2.45, 2.75) is 29.4 Å². The zero-order valence-electron chi connectivity index (χ0n) is 7.77. The second kappa shape index (κ2) is 4.05. The molecule has 0 atom stereocenters. The number of thioether (sulfide) groups is 1. The van der Waals surface area contributed by atoms with Crippen LogP contribution in [0.3, 0.4) is 0 Å². The van der Waals surface area contributed by atoms with Crippen molar-refractivity contribution in [3.8, 4) is 0 Å². The molecule has 0 heterocycles. The number of carboxylic acid groups (broad SMARTS) is 1. The third-order valence-corrected chi connectivity index (χ3v) is 3.77. The highest BCUT2D eigenvalue weighted by Crippen LogP contribution is 2.36. The minimum Gasteiger partial charge on any atom is -0.478 e. The lowest BCUT2D eigenvalue weighted by Gasteiger charge is -2.24. The summed E-state index contributed by atoms with van der Waals surface area (Å²) in [5.41, 5.74) is 0.384. The summed E-state index contributed by atoms with van der Waals surface area (Å²) >= 11 is 1.80. The van der Waals surface area contributed by atoms with Gasteiger partial charge in [-0.1, -0.05) is 12.5 Å². The number of aromatic carboxylic acids is 1. The zero-order chi connectivity index (χ0) is 9.97. The summed E-state index contributed by atoms with van der Waals surface area (Å²) in [5.74, 6) is -0.846. The van der Waals surface area contributed by atoms with Gasteiger partial charge in [0.1, 0.15) is 0 Å². The Kier molecular flexibility index (Phi) is 2.77. The number of carbonyl (C=O) groups is 1. The number of rotatable bonds is 3. The van der Waals surface area contributed by atoms with Gasteiger partial charge in [0, 0.05) is 10.1 Å². The molecule has 2 rings (SSSR count). The van der Waals surface area contributed by atoms with E-state index >= 15 is 0 Å². The maximum absolute atomic E-state index is 10.7. The summed E-state index contributed by atoms with van der Waals surface area (Å²) in [6.07, 6.45) is 3.85. The zero-order valence-corrected chi connectivity index (χ0v) is 8.59. The second-order valence-corrected chi connectivity index (χ2v) is 4.88. The van der Waals surface area contributed by atoms with Gasteiger partial charge in [-0.25, -0.2) is 4.79 Å². The molecule has 0 radical (unpaired) electrons. The van der Waals surface area contributed by atoms with E-state index in [9.17, 15) is 4.79 Å². The molecule has 1 N–H and O–H groups in total. The Labute approximate surface area is 87.3 Å². The van der Waals surface area contributed by atoms with Crippen molar-refractivity contribution < 1.29 is 9.90 Å². The molecule has 1 saturated carbocycles. The smallest absolute Gasteiger partial charge is 0.335 e. The molecule has 0 spiro atoms. The van der Waals surface area contributed by atoms with Crippen LogP contribution in [-0.4, -0.2) is 16.3 Å². The summed E-state index contributed by atoms with van der Waals surface area (Å²) in [7, 11) is 0. The van der Waals surface area contributed by atoms with Gasteiger partial charge >= 0.3 is 5.97 Å². The Balaban J connectivity index is 2.09. The lowest BCUT2D eigenvalue weighted by molar-refractivity contribution is 0.0696. The van der Waals surface area contributed by atoms with E-state index in [4.69, 9.17) is 5.11 Å². The molecule has 74 valence electrons. The number of benzene rings is 1. The van der Waals surface area contributed by atoms with Crippen LogP contribution < -0.4 is 0 Å². The highest BCUT2D eigenvalue weighted by molar-refractivity contribution is 8.00. The molecule has 1 aliphatic rings. The monoisotopic (exact) mass is 208 g/mol. The third-order valence-electron chi connectivity index (χ3n) is 2.44. The van der Waals surface area contributed by atoms with Crippen LogP contribution in [0.2, 0.25) is 0 Å². The fraction of sp³-hybridized carbons (Fsp3) is 0.364. The van der Waals surface area contributed by atoms with Crippen LogP contribution in [0, 0.1) is 0 Å². The Hall–Kier alpha value is -0.960. The largest absolute Gasteiger partial charge is 0.478 e. The van der Waals surface area contributed by atoms with Crippen LogP contribution in [0.25, 0.3) is 0 Å². The Morgan fingerprint density at radius 1 is 1.43 bits per heavy atom. The lowest BCUT2D eigenvalue weighted by atomic mass is 10.00. The third kappa shape index (κ3) is 2.10. The molecular weight excluding hydrogens is 196 g/mol. The summed E-state index contributed by atoms with van der Waals surface area (Å²) < 4.78 is 0. The van der Waals surface area contributed by atoms with Gasteiger partial charge in [0.2, 0.25) is 0 Å². The van der Waals surface area contributed by atoms with Crippen molar-refractivity contribution in [3.05, 3.63) is 29.8 Å². The van der Waals surface area contributed by atoms with Crippen LogP contribution in [0.15, 0.2) is 29.2 Å². The molecule has 0 aliphatic heterocycles. The molecule has 0 aromatic heterocycles. The van der Waals surface area contributed by atoms with Crippen molar-refractivity contribution in [3.63, 3.8) is 0 Å². The van der Waals surface area contributed by atoms with E-state index in [1.54, 1.807) is 23.9 Å². The molecule has 0 saturated heterocycles. The van der Waals surface area contributed by atoms with E-state index in [1.807, 2.05) is 12.1 Å². The molecule has 2 nitrogen and oxygen atoms in total. The van der Waals surface area contributed by atoms with E-state index in [0.717, 1.165) is 4.90 Å². The number of hydrogen-bond acceptors (Lipinski definition) is 2.